The highest BCUT2D eigenvalue weighted by atomic mass is 19.1. The Kier molecular flexibility index (Phi) is 9.76. The molecule has 1 N–H and O–H groups in total. The van der Waals surface area contributed by atoms with Crippen LogP contribution < -0.4 is 10.1 Å². The Morgan fingerprint density at radius 2 is 1.77 bits per heavy atom. The number of benzene rings is 3. The van der Waals surface area contributed by atoms with Crippen LogP contribution in [0.5, 0.6) is 5.75 Å². The molecule has 5 nitrogen and oxygen atoms in total. The fourth-order valence-corrected chi connectivity index (χ4v) is 4.98. The fourth-order valence-electron chi connectivity index (χ4n) is 4.98. The van der Waals surface area contributed by atoms with Gasteiger partial charge in [-0.3, -0.25) is 9.69 Å². The Morgan fingerprint density at radius 3 is 2.54 bits per heavy atom. The highest BCUT2D eigenvalue weighted by Crippen LogP contribution is 2.26. The molecule has 39 heavy (non-hydrogen) atoms. The molecular formula is C33H41FN2O3. The minimum Gasteiger partial charge on any atom is -0.491 e. The van der Waals surface area contributed by atoms with Crippen molar-refractivity contribution < 1.29 is 18.7 Å². The lowest BCUT2D eigenvalue weighted by molar-refractivity contribution is 0.0746. The Bertz CT molecular complexity index is 1240. The van der Waals surface area contributed by atoms with Crippen LogP contribution in [0.15, 0.2) is 66.7 Å². The molecule has 2 bridgehead atoms. The van der Waals surface area contributed by atoms with Gasteiger partial charge in [0.05, 0.1) is 13.2 Å². The van der Waals surface area contributed by atoms with Crippen molar-refractivity contribution in [3.8, 4) is 5.75 Å². The van der Waals surface area contributed by atoms with E-state index in [0.717, 1.165) is 36.5 Å². The summed E-state index contributed by atoms with van der Waals surface area (Å²) < 4.78 is 25.4. The number of hydrogen-bond donors (Lipinski definition) is 1. The van der Waals surface area contributed by atoms with Gasteiger partial charge in [0.1, 0.15) is 18.2 Å². The third kappa shape index (κ3) is 8.38. The molecular weight excluding hydrogens is 491 g/mol. The van der Waals surface area contributed by atoms with Gasteiger partial charge in [-0.2, -0.15) is 0 Å². The number of nitrogens with one attached hydrogen (secondary N) is 1. The lowest BCUT2D eigenvalue weighted by Gasteiger charge is -2.26. The van der Waals surface area contributed by atoms with Crippen LogP contribution in [-0.4, -0.2) is 50.3 Å². The van der Waals surface area contributed by atoms with Gasteiger partial charge in [-0.05, 0) is 58.5 Å². The molecule has 0 radical (unpaired) electrons. The van der Waals surface area contributed by atoms with Crippen molar-refractivity contribution in [2.45, 2.75) is 46.1 Å². The molecule has 0 aromatic heterocycles. The van der Waals surface area contributed by atoms with Crippen molar-refractivity contribution in [1.29, 1.82) is 0 Å². The summed E-state index contributed by atoms with van der Waals surface area (Å²) >= 11 is 0. The van der Waals surface area contributed by atoms with Crippen LogP contribution in [0.25, 0.3) is 0 Å². The van der Waals surface area contributed by atoms with Crippen LogP contribution in [0.1, 0.15) is 60.3 Å². The first kappa shape index (κ1) is 28.8. The average Bonchev–Trinajstić information content (AvgIpc) is 2.89. The van der Waals surface area contributed by atoms with E-state index in [1.165, 1.54) is 23.3 Å². The van der Waals surface area contributed by atoms with Gasteiger partial charge < -0.3 is 14.8 Å². The number of carbonyl (C=O) groups is 1. The van der Waals surface area contributed by atoms with E-state index in [4.69, 9.17) is 9.47 Å². The molecule has 0 saturated heterocycles. The van der Waals surface area contributed by atoms with Crippen molar-refractivity contribution in [2.75, 3.05) is 39.5 Å². The molecule has 0 atom stereocenters. The predicted octanol–water partition coefficient (Wildman–Crippen LogP) is 5.99. The predicted molar refractivity (Wildman–Crippen MR) is 154 cm³/mol. The normalized spacial score (nSPS) is 15.2. The van der Waals surface area contributed by atoms with Gasteiger partial charge in [0.2, 0.25) is 0 Å². The smallest absolute Gasteiger partial charge is 0.251 e. The molecule has 3 aromatic rings. The summed E-state index contributed by atoms with van der Waals surface area (Å²) in [5.74, 6) is 0.933. The molecule has 0 fully saturated rings. The topological polar surface area (TPSA) is 50.8 Å². The van der Waals surface area contributed by atoms with Crippen LogP contribution >= 0.6 is 0 Å². The van der Waals surface area contributed by atoms with Crippen LogP contribution in [0, 0.1) is 11.7 Å². The second-order valence-electron chi connectivity index (χ2n) is 11.5. The molecule has 0 saturated carbocycles. The quantitative estimate of drug-likeness (QED) is 0.424. The molecule has 0 spiro atoms. The Labute approximate surface area is 232 Å². The van der Waals surface area contributed by atoms with E-state index in [1.807, 2.05) is 32.0 Å². The van der Waals surface area contributed by atoms with Crippen molar-refractivity contribution >= 4 is 5.91 Å². The maximum Gasteiger partial charge on any atom is 0.251 e. The molecule has 1 aliphatic heterocycles. The monoisotopic (exact) mass is 532 g/mol. The second kappa shape index (κ2) is 13.2. The summed E-state index contributed by atoms with van der Waals surface area (Å²) in [5, 5.41) is 3.07. The molecule has 1 amide bonds. The SMILES string of the molecule is CC(C)CN1CCOCCOc2ccc(C(=O)NCC(C)(C)c3ccc(F)cc3)cc2Cc2cccc(c2)C1. The number of rotatable bonds is 6. The summed E-state index contributed by atoms with van der Waals surface area (Å²) in [6.07, 6.45) is 0.663. The Hall–Kier alpha value is -3.22. The van der Waals surface area contributed by atoms with Crippen molar-refractivity contribution in [2.24, 2.45) is 5.92 Å². The van der Waals surface area contributed by atoms with Gasteiger partial charge in [0.15, 0.2) is 0 Å². The highest BCUT2D eigenvalue weighted by Gasteiger charge is 2.22. The molecule has 0 unspecified atom stereocenters. The first-order valence-electron chi connectivity index (χ1n) is 13.9. The van der Waals surface area contributed by atoms with E-state index in [2.05, 4.69) is 48.3 Å². The van der Waals surface area contributed by atoms with E-state index >= 15 is 0 Å². The van der Waals surface area contributed by atoms with Gasteiger partial charge >= 0.3 is 0 Å². The molecule has 3 aromatic carbocycles. The van der Waals surface area contributed by atoms with Crippen LogP contribution in [-0.2, 0) is 23.1 Å². The molecule has 1 aliphatic rings. The van der Waals surface area contributed by atoms with Crippen molar-refractivity contribution in [3.63, 3.8) is 0 Å². The van der Waals surface area contributed by atoms with Crippen molar-refractivity contribution in [1.82, 2.24) is 10.2 Å². The first-order valence-corrected chi connectivity index (χ1v) is 13.9. The number of amides is 1. The van der Waals surface area contributed by atoms with Crippen molar-refractivity contribution in [3.05, 3.63) is 100 Å². The van der Waals surface area contributed by atoms with E-state index in [9.17, 15) is 9.18 Å². The Balaban J connectivity index is 1.52. The van der Waals surface area contributed by atoms with Crippen LogP contribution in [0.2, 0.25) is 0 Å². The lowest BCUT2D eigenvalue weighted by Crippen LogP contribution is -2.36. The molecule has 1 heterocycles. The molecule has 6 heteroatoms. The Morgan fingerprint density at radius 1 is 1.00 bits per heavy atom. The molecule has 4 rings (SSSR count). The van der Waals surface area contributed by atoms with Gasteiger partial charge in [0.25, 0.3) is 5.91 Å². The van der Waals surface area contributed by atoms with Gasteiger partial charge in [-0.1, -0.05) is 64.1 Å². The third-order valence-corrected chi connectivity index (χ3v) is 7.09. The zero-order valence-corrected chi connectivity index (χ0v) is 23.6. The second-order valence-corrected chi connectivity index (χ2v) is 11.5. The fraction of sp³-hybridized carbons (Fsp3) is 0.424. The summed E-state index contributed by atoms with van der Waals surface area (Å²) in [6.45, 7) is 13.4. The lowest BCUT2D eigenvalue weighted by atomic mass is 9.84. The maximum atomic E-state index is 13.4. The largest absolute Gasteiger partial charge is 0.491 e. The number of fused-ring (bicyclic) bond motifs is 3. The van der Waals surface area contributed by atoms with Gasteiger partial charge in [-0.15, -0.1) is 0 Å². The van der Waals surface area contributed by atoms with E-state index in [0.29, 0.717) is 44.3 Å². The number of hydrogen-bond acceptors (Lipinski definition) is 4. The maximum absolute atomic E-state index is 13.4. The minimum absolute atomic E-state index is 0.145. The molecule has 0 aliphatic carbocycles. The van der Waals surface area contributed by atoms with Gasteiger partial charge in [-0.25, -0.2) is 4.39 Å². The summed E-state index contributed by atoms with van der Waals surface area (Å²) in [7, 11) is 0. The van der Waals surface area contributed by atoms with Gasteiger partial charge in [0, 0.05) is 43.6 Å². The van der Waals surface area contributed by atoms with E-state index in [-0.39, 0.29) is 17.1 Å². The summed E-state index contributed by atoms with van der Waals surface area (Å²) in [6, 6.07) is 20.7. The summed E-state index contributed by atoms with van der Waals surface area (Å²) in [4.78, 5) is 15.6. The average molecular weight is 533 g/mol. The van der Waals surface area contributed by atoms with E-state index in [1.54, 1.807) is 12.1 Å². The number of nitrogens with zero attached hydrogens (tertiary/aromatic N) is 1. The van der Waals surface area contributed by atoms with Crippen LogP contribution in [0.3, 0.4) is 0 Å². The molecule has 208 valence electrons. The standard InChI is InChI=1S/C33H41FN2O3/c1-24(2)21-36-14-15-38-16-17-39-31-13-8-27(20-28(31)19-25-6-5-7-26(18-25)22-36)32(37)35-23-33(3,4)29-9-11-30(34)12-10-29/h5-13,18,20,24H,14-17,19,21-23H2,1-4H3,(H,35,37). The number of ether oxygens (including phenoxy) is 2. The van der Waals surface area contributed by atoms with Crippen LogP contribution in [0.4, 0.5) is 4.39 Å². The number of carbonyl (C=O) groups excluding carboxylic acids is 1. The number of halogens is 1. The summed E-state index contributed by atoms with van der Waals surface area (Å²) in [5.41, 5.74) is 4.63. The van der Waals surface area contributed by atoms with E-state index < -0.39 is 0 Å². The minimum atomic E-state index is -0.343. The first-order chi connectivity index (χ1) is 18.7. The third-order valence-electron chi connectivity index (χ3n) is 7.09. The highest BCUT2D eigenvalue weighted by molar-refractivity contribution is 5.94. The zero-order valence-electron chi connectivity index (χ0n) is 23.6. The zero-order chi connectivity index (χ0) is 27.8.